The average Bonchev–Trinajstić information content (AvgIpc) is 2.34. The maximum absolute atomic E-state index is 3.63. The number of hydrogen-bond acceptors (Lipinski definition) is 1. The van der Waals surface area contributed by atoms with E-state index in [1.165, 1.54) is 36.0 Å². The van der Waals surface area contributed by atoms with Gasteiger partial charge < -0.3 is 5.32 Å². The molecule has 0 aromatic heterocycles. The van der Waals surface area contributed by atoms with Crippen molar-refractivity contribution >= 4 is 0 Å². The van der Waals surface area contributed by atoms with Crippen molar-refractivity contribution in [3.05, 3.63) is 47.7 Å². The van der Waals surface area contributed by atoms with E-state index < -0.39 is 0 Å². The zero-order valence-electron chi connectivity index (χ0n) is 11.1. The molecule has 0 atom stereocenters. The van der Waals surface area contributed by atoms with Gasteiger partial charge in [0.2, 0.25) is 0 Å². The topological polar surface area (TPSA) is 12.0 Å². The smallest absolute Gasteiger partial charge is 0.0141 e. The Kier molecular flexibility index (Phi) is 6.25. The maximum atomic E-state index is 3.63. The number of unbranched alkanes of at least 4 members (excludes halogenated alkanes) is 2. The first-order chi connectivity index (χ1) is 8.27. The Morgan fingerprint density at radius 2 is 2.12 bits per heavy atom. The Hall–Kier alpha value is -1.42. The van der Waals surface area contributed by atoms with Crippen LogP contribution in [0.4, 0.5) is 0 Å². The third kappa shape index (κ3) is 4.95. The second kappa shape index (κ2) is 7.79. The molecule has 1 heteroatoms. The van der Waals surface area contributed by atoms with Crippen molar-refractivity contribution < 1.29 is 0 Å². The van der Waals surface area contributed by atoms with Crippen molar-refractivity contribution in [2.75, 3.05) is 6.54 Å². The molecule has 0 saturated carbocycles. The predicted octanol–water partition coefficient (Wildman–Crippen LogP) is 3.60. The average molecular weight is 229 g/mol. The standard InChI is InChI=1S/C16H23N/c1-4-16-11-10-15(13-14(16)3)9-7-6-8-12-17-5-2/h5,13,17H,2,4,6-9,12H2,1,3H3. The highest BCUT2D eigenvalue weighted by Gasteiger charge is 1.97. The molecular formula is C16H23N. The molecule has 0 heterocycles. The molecule has 1 aromatic carbocycles. The van der Waals surface area contributed by atoms with Gasteiger partial charge in [0.25, 0.3) is 0 Å². The largest absolute Gasteiger partial charge is 0.391 e. The molecule has 0 spiro atoms. The van der Waals surface area contributed by atoms with Crippen LogP contribution in [0, 0.1) is 19.1 Å². The van der Waals surface area contributed by atoms with E-state index in [0.29, 0.717) is 0 Å². The summed E-state index contributed by atoms with van der Waals surface area (Å²) in [5, 5.41) is 3.12. The Bertz CT molecular complexity index is 341. The number of hydrogen-bond donors (Lipinski definition) is 1. The van der Waals surface area contributed by atoms with Crippen LogP contribution < -0.4 is 5.32 Å². The van der Waals surface area contributed by atoms with E-state index in [1.807, 2.05) is 0 Å². The summed E-state index contributed by atoms with van der Waals surface area (Å²) in [5.74, 6) is 0. The molecular weight excluding hydrogens is 206 g/mol. The summed E-state index contributed by atoms with van der Waals surface area (Å²) in [6.45, 7) is 9.00. The molecule has 0 aliphatic rings. The SMILES string of the molecule is C=CNCCCCCc1c#cc(CC)c(C)c1. The van der Waals surface area contributed by atoms with Gasteiger partial charge in [-0.05, 0) is 50.4 Å². The van der Waals surface area contributed by atoms with E-state index >= 15 is 0 Å². The van der Waals surface area contributed by atoms with Gasteiger partial charge in [0, 0.05) is 17.7 Å². The lowest BCUT2D eigenvalue weighted by Crippen LogP contribution is -2.05. The van der Waals surface area contributed by atoms with Gasteiger partial charge in [0.05, 0.1) is 0 Å². The van der Waals surface area contributed by atoms with Crippen LogP contribution in [0.3, 0.4) is 0 Å². The van der Waals surface area contributed by atoms with E-state index in [4.69, 9.17) is 0 Å². The van der Waals surface area contributed by atoms with Gasteiger partial charge in [0.15, 0.2) is 0 Å². The summed E-state index contributed by atoms with van der Waals surface area (Å²) in [4.78, 5) is 0. The van der Waals surface area contributed by atoms with E-state index in [9.17, 15) is 0 Å². The van der Waals surface area contributed by atoms with Gasteiger partial charge in [-0.1, -0.05) is 32.1 Å². The second-order valence-corrected chi connectivity index (χ2v) is 4.40. The first-order valence-electron chi connectivity index (χ1n) is 6.54. The van der Waals surface area contributed by atoms with Gasteiger partial charge in [-0.15, -0.1) is 0 Å². The maximum Gasteiger partial charge on any atom is 0.0141 e. The normalized spacial score (nSPS) is 9.76. The molecule has 0 radical (unpaired) electrons. The predicted molar refractivity (Wildman–Crippen MR) is 74.0 cm³/mol. The van der Waals surface area contributed by atoms with E-state index in [1.54, 1.807) is 6.20 Å². The summed E-state index contributed by atoms with van der Waals surface area (Å²) >= 11 is 0. The first-order valence-corrected chi connectivity index (χ1v) is 6.54. The van der Waals surface area contributed by atoms with Crippen LogP contribution >= 0.6 is 0 Å². The van der Waals surface area contributed by atoms with Gasteiger partial charge in [0.1, 0.15) is 0 Å². The van der Waals surface area contributed by atoms with Crippen molar-refractivity contribution in [2.24, 2.45) is 0 Å². The molecule has 0 aliphatic heterocycles. The quantitative estimate of drug-likeness (QED) is 0.672. The van der Waals surface area contributed by atoms with Gasteiger partial charge in [-0.3, -0.25) is 0 Å². The fraction of sp³-hybridized carbons (Fsp3) is 0.500. The summed E-state index contributed by atoms with van der Waals surface area (Å²) < 4.78 is 0. The molecule has 1 aromatic rings. The molecule has 17 heavy (non-hydrogen) atoms. The Morgan fingerprint density at radius 1 is 1.29 bits per heavy atom. The van der Waals surface area contributed by atoms with E-state index in [2.05, 4.69) is 43.9 Å². The molecule has 0 unspecified atom stereocenters. The molecule has 92 valence electrons. The zero-order valence-corrected chi connectivity index (χ0v) is 11.1. The Morgan fingerprint density at radius 3 is 2.76 bits per heavy atom. The van der Waals surface area contributed by atoms with Crippen LogP contribution in [-0.2, 0) is 12.8 Å². The number of aryl methyl sites for hydroxylation is 2. The summed E-state index contributed by atoms with van der Waals surface area (Å²) in [6, 6.07) is 8.80. The summed E-state index contributed by atoms with van der Waals surface area (Å²) in [6.07, 6.45) is 7.62. The van der Waals surface area contributed by atoms with E-state index in [-0.39, 0.29) is 0 Å². The fourth-order valence-corrected chi connectivity index (χ4v) is 1.96. The van der Waals surface area contributed by atoms with Gasteiger partial charge >= 0.3 is 0 Å². The van der Waals surface area contributed by atoms with Crippen LogP contribution in [0.1, 0.15) is 42.9 Å². The molecule has 0 fully saturated rings. The molecule has 1 N–H and O–H groups in total. The Balaban J connectivity index is 2.27. The second-order valence-electron chi connectivity index (χ2n) is 4.40. The molecule has 0 saturated heterocycles. The lowest BCUT2D eigenvalue weighted by Gasteiger charge is -2.03. The van der Waals surface area contributed by atoms with Gasteiger partial charge in [-0.25, -0.2) is 0 Å². The first kappa shape index (κ1) is 13.6. The van der Waals surface area contributed by atoms with Crippen molar-refractivity contribution in [1.82, 2.24) is 5.32 Å². The van der Waals surface area contributed by atoms with Crippen LogP contribution in [0.5, 0.6) is 0 Å². The lowest BCUT2D eigenvalue weighted by atomic mass is 10.0. The minimum atomic E-state index is 1.03. The summed E-state index contributed by atoms with van der Waals surface area (Å²) in [5.41, 5.74) is 3.95. The molecule has 1 rings (SSSR count). The summed E-state index contributed by atoms with van der Waals surface area (Å²) in [7, 11) is 0. The third-order valence-electron chi connectivity index (χ3n) is 3.01. The van der Waals surface area contributed by atoms with Crippen molar-refractivity contribution in [3.8, 4) is 0 Å². The number of rotatable bonds is 8. The number of nitrogens with one attached hydrogen (secondary N) is 1. The zero-order chi connectivity index (χ0) is 12.5. The highest BCUT2D eigenvalue weighted by Crippen LogP contribution is 2.10. The molecule has 0 amide bonds. The van der Waals surface area contributed by atoms with E-state index in [0.717, 1.165) is 19.4 Å². The molecule has 1 nitrogen and oxygen atoms in total. The lowest BCUT2D eigenvalue weighted by molar-refractivity contribution is 0.655. The van der Waals surface area contributed by atoms with Crippen LogP contribution in [0.15, 0.2) is 18.8 Å². The fourth-order valence-electron chi connectivity index (χ4n) is 1.96. The van der Waals surface area contributed by atoms with Crippen LogP contribution in [0.25, 0.3) is 0 Å². The Labute approximate surface area is 106 Å². The monoisotopic (exact) mass is 229 g/mol. The third-order valence-corrected chi connectivity index (χ3v) is 3.01. The van der Waals surface area contributed by atoms with Crippen molar-refractivity contribution in [1.29, 1.82) is 0 Å². The van der Waals surface area contributed by atoms with Crippen molar-refractivity contribution in [3.63, 3.8) is 0 Å². The minimum Gasteiger partial charge on any atom is -0.391 e. The minimum absolute atomic E-state index is 1.03. The molecule has 0 aliphatic carbocycles. The van der Waals surface area contributed by atoms with Gasteiger partial charge in [-0.2, -0.15) is 0 Å². The van der Waals surface area contributed by atoms with Crippen LogP contribution in [0.2, 0.25) is 0 Å². The van der Waals surface area contributed by atoms with Crippen LogP contribution in [-0.4, -0.2) is 6.54 Å². The van der Waals surface area contributed by atoms with Crippen molar-refractivity contribution in [2.45, 2.75) is 46.0 Å². The molecule has 0 bridgehead atoms. The highest BCUT2D eigenvalue weighted by molar-refractivity contribution is 5.25. The highest BCUT2D eigenvalue weighted by atomic mass is 14.8.